The lowest BCUT2D eigenvalue weighted by Crippen LogP contribution is -2.32. The van der Waals surface area contributed by atoms with Gasteiger partial charge in [-0.15, -0.1) is 0 Å². The molecule has 9 nitrogen and oxygen atoms in total. The molecule has 0 bridgehead atoms. The van der Waals surface area contributed by atoms with Crippen LogP contribution in [-0.2, 0) is 20.9 Å². The van der Waals surface area contributed by atoms with E-state index >= 15 is 0 Å². The number of benzene rings is 2. The molecule has 1 saturated heterocycles. The molecule has 1 aliphatic rings. The number of carbonyl (C=O) groups is 2. The highest BCUT2D eigenvalue weighted by molar-refractivity contribution is 6.05. The molecule has 1 aliphatic heterocycles. The highest BCUT2D eigenvalue weighted by Gasteiger charge is 2.33. The van der Waals surface area contributed by atoms with Crippen molar-refractivity contribution in [2.24, 2.45) is 0 Å². The average molecular weight is 486 g/mol. The Balaban J connectivity index is 1.46. The lowest BCUT2D eigenvalue weighted by Gasteiger charge is -2.13. The summed E-state index contributed by atoms with van der Waals surface area (Å²) in [5.74, 6) is 0.112. The summed E-state index contributed by atoms with van der Waals surface area (Å²) in [7, 11) is 0. The summed E-state index contributed by atoms with van der Waals surface area (Å²) >= 11 is 0. The second-order valence-electron chi connectivity index (χ2n) is 8.53. The Hall–Kier alpha value is -4.24. The monoisotopic (exact) mass is 485 g/mol. The van der Waals surface area contributed by atoms with E-state index < -0.39 is 6.09 Å². The number of nitrogens with one attached hydrogen (secondary N) is 2. The minimum Gasteiger partial charge on any atom is -0.465 e. The van der Waals surface area contributed by atoms with E-state index in [0.717, 1.165) is 16.7 Å². The van der Waals surface area contributed by atoms with Gasteiger partial charge in [-0.1, -0.05) is 60.7 Å². The van der Waals surface area contributed by atoms with Crippen molar-refractivity contribution in [3.63, 3.8) is 0 Å². The van der Waals surface area contributed by atoms with Gasteiger partial charge in [0.25, 0.3) is 0 Å². The molecule has 1 fully saturated rings. The fourth-order valence-corrected chi connectivity index (χ4v) is 4.50. The third kappa shape index (κ3) is 4.92. The van der Waals surface area contributed by atoms with Crippen molar-refractivity contribution in [1.29, 1.82) is 0 Å². The molecule has 3 heterocycles. The van der Waals surface area contributed by atoms with Crippen LogP contribution in [-0.4, -0.2) is 45.8 Å². The van der Waals surface area contributed by atoms with Crippen LogP contribution in [0.2, 0.25) is 0 Å². The van der Waals surface area contributed by atoms with Crippen LogP contribution in [0.25, 0.3) is 22.2 Å². The first-order valence-corrected chi connectivity index (χ1v) is 11.9. The van der Waals surface area contributed by atoms with E-state index in [0.29, 0.717) is 36.4 Å². The molecule has 5 rings (SSSR count). The average Bonchev–Trinajstić information content (AvgIpc) is 3.55. The van der Waals surface area contributed by atoms with Gasteiger partial charge in [-0.25, -0.2) is 14.8 Å². The van der Waals surface area contributed by atoms with E-state index in [1.54, 1.807) is 6.92 Å². The normalized spacial score (nSPS) is 17.1. The van der Waals surface area contributed by atoms with E-state index in [4.69, 9.17) is 9.47 Å². The molecular weight excluding hydrogens is 458 g/mol. The number of fused-ring (bicyclic) bond motifs is 1. The number of hydrogen-bond donors (Lipinski definition) is 2. The molecule has 0 saturated carbocycles. The number of esters is 1. The van der Waals surface area contributed by atoms with Gasteiger partial charge in [-0.05, 0) is 24.5 Å². The Morgan fingerprint density at radius 1 is 1.06 bits per heavy atom. The standard InChI is InChI=1S/C27H27N5O4/c1-2-35-26(33)22-13-20(14-28-22)32-15-21(19-11-7-4-8-12-19)23-24(29-17-30-25(23)32)31-27(34)36-16-18-9-5-3-6-10-18/h3-12,15,17,20,22,28H,2,13-14,16H2,1H3,(H,29,30,31,34)/t20-,22+/m0/s1. The first-order chi connectivity index (χ1) is 17.6. The van der Waals surface area contributed by atoms with Crippen LogP contribution < -0.4 is 10.6 Å². The Bertz CT molecular complexity index is 1360. The Labute approximate surface area is 208 Å². The number of anilines is 1. The van der Waals surface area contributed by atoms with Crippen molar-refractivity contribution >= 4 is 28.9 Å². The van der Waals surface area contributed by atoms with E-state index in [1.165, 1.54) is 6.33 Å². The zero-order chi connectivity index (χ0) is 24.9. The third-order valence-corrected chi connectivity index (χ3v) is 6.20. The smallest absolute Gasteiger partial charge is 0.413 e. The SMILES string of the molecule is CCOC(=O)[C@H]1C[C@H](n2cc(-c3ccccc3)c3c(NC(=O)OCc4ccccc4)ncnc32)CN1. The molecule has 0 aliphatic carbocycles. The molecule has 0 radical (unpaired) electrons. The van der Waals surface area contributed by atoms with Crippen molar-refractivity contribution in [1.82, 2.24) is 19.9 Å². The Morgan fingerprint density at radius 3 is 2.56 bits per heavy atom. The van der Waals surface area contributed by atoms with E-state index in [1.807, 2.05) is 71.4 Å². The number of rotatable bonds is 7. The van der Waals surface area contributed by atoms with Gasteiger partial charge in [0.2, 0.25) is 0 Å². The molecule has 2 N–H and O–H groups in total. The van der Waals surface area contributed by atoms with Crippen molar-refractivity contribution in [2.45, 2.75) is 32.0 Å². The summed E-state index contributed by atoms with van der Waals surface area (Å²) < 4.78 is 12.7. The molecular formula is C27H27N5O4. The van der Waals surface area contributed by atoms with E-state index in [9.17, 15) is 9.59 Å². The van der Waals surface area contributed by atoms with Crippen LogP contribution in [0.15, 0.2) is 73.2 Å². The van der Waals surface area contributed by atoms with Crippen molar-refractivity contribution < 1.29 is 19.1 Å². The van der Waals surface area contributed by atoms with Crippen LogP contribution in [0, 0.1) is 0 Å². The van der Waals surface area contributed by atoms with Gasteiger partial charge in [-0.3, -0.25) is 10.1 Å². The van der Waals surface area contributed by atoms with Crippen LogP contribution in [0.1, 0.15) is 24.9 Å². The van der Waals surface area contributed by atoms with E-state index in [-0.39, 0.29) is 24.7 Å². The number of aromatic nitrogens is 3. The summed E-state index contributed by atoms with van der Waals surface area (Å²) in [5.41, 5.74) is 3.40. The molecule has 1 amide bonds. The highest BCUT2D eigenvalue weighted by Crippen LogP contribution is 2.37. The Kier molecular flexibility index (Phi) is 6.90. The first-order valence-electron chi connectivity index (χ1n) is 11.9. The van der Waals surface area contributed by atoms with Crippen LogP contribution in [0.3, 0.4) is 0 Å². The lowest BCUT2D eigenvalue weighted by atomic mass is 10.1. The second kappa shape index (κ2) is 10.6. The van der Waals surface area contributed by atoms with Gasteiger partial charge in [0.05, 0.1) is 12.0 Å². The molecule has 0 spiro atoms. The minimum absolute atomic E-state index is 0.0212. The van der Waals surface area contributed by atoms with Crippen LogP contribution >= 0.6 is 0 Å². The van der Waals surface area contributed by atoms with Gasteiger partial charge >= 0.3 is 12.1 Å². The number of hydrogen-bond acceptors (Lipinski definition) is 7. The molecule has 0 unspecified atom stereocenters. The summed E-state index contributed by atoms with van der Waals surface area (Å²) in [4.78, 5) is 33.9. The molecule has 2 aromatic heterocycles. The van der Waals surface area contributed by atoms with Crippen LogP contribution in [0.5, 0.6) is 0 Å². The quantitative estimate of drug-likeness (QED) is 0.376. The summed E-state index contributed by atoms with van der Waals surface area (Å²) in [6.45, 7) is 2.88. The molecule has 2 aromatic carbocycles. The van der Waals surface area contributed by atoms with Crippen molar-refractivity contribution in [2.75, 3.05) is 18.5 Å². The first kappa shape index (κ1) is 23.5. The predicted octanol–water partition coefficient (Wildman–Crippen LogP) is 4.31. The largest absolute Gasteiger partial charge is 0.465 e. The zero-order valence-electron chi connectivity index (χ0n) is 19.9. The molecule has 4 aromatic rings. The van der Waals surface area contributed by atoms with Gasteiger partial charge in [0.1, 0.15) is 30.4 Å². The number of nitrogens with zero attached hydrogens (tertiary/aromatic N) is 3. The number of carbonyl (C=O) groups excluding carboxylic acids is 2. The lowest BCUT2D eigenvalue weighted by molar-refractivity contribution is -0.145. The maximum Gasteiger partial charge on any atom is 0.413 e. The molecule has 36 heavy (non-hydrogen) atoms. The maximum atomic E-state index is 12.7. The van der Waals surface area contributed by atoms with Gasteiger partial charge < -0.3 is 19.4 Å². The van der Waals surface area contributed by atoms with E-state index in [2.05, 4.69) is 20.6 Å². The van der Waals surface area contributed by atoms with Gasteiger partial charge in [0.15, 0.2) is 0 Å². The zero-order valence-corrected chi connectivity index (χ0v) is 19.9. The molecule has 2 atom stereocenters. The topological polar surface area (TPSA) is 107 Å². The van der Waals surface area contributed by atoms with Gasteiger partial charge in [-0.2, -0.15) is 0 Å². The summed E-state index contributed by atoms with van der Waals surface area (Å²) in [6, 6.07) is 18.9. The third-order valence-electron chi connectivity index (χ3n) is 6.20. The second-order valence-corrected chi connectivity index (χ2v) is 8.53. The maximum absolute atomic E-state index is 12.7. The highest BCUT2D eigenvalue weighted by atomic mass is 16.5. The summed E-state index contributed by atoms with van der Waals surface area (Å²) in [5, 5.41) is 6.76. The molecule has 9 heteroatoms. The van der Waals surface area contributed by atoms with Crippen molar-refractivity contribution in [3.05, 3.63) is 78.8 Å². The van der Waals surface area contributed by atoms with Crippen LogP contribution in [0.4, 0.5) is 10.6 Å². The number of ether oxygens (including phenoxy) is 2. The fourth-order valence-electron chi connectivity index (χ4n) is 4.50. The molecule has 184 valence electrons. The minimum atomic E-state index is -0.601. The van der Waals surface area contributed by atoms with Gasteiger partial charge in [0, 0.05) is 24.3 Å². The predicted molar refractivity (Wildman–Crippen MR) is 135 cm³/mol. The Morgan fingerprint density at radius 2 is 1.81 bits per heavy atom. The summed E-state index contributed by atoms with van der Waals surface area (Å²) in [6.07, 6.45) is 3.40. The van der Waals surface area contributed by atoms with Crippen molar-refractivity contribution in [3.8, 4) is 11.1 Å². The number of amides is 1. The fraction of sp³-hybridized carbons (Fsp3) is 0.259.